The highest BCUT2D eigenvalue weighted by Gasteiger charge is 2.17. The second-order valence-electron chi connectivity index (χ2n) is 3.62. The summed E-state index contributed by atoms with van der Waals surface area (Å²) >= 11 is 0. The van der Waals surface area contributed by atoms with Gasteiger partial charge in [-0.2, -0.15) is 0 Å². The molecule has 0 aliphatic heterocycles. The van der Waals surface area contributed by atoms with Crippen LogP contribution in [0.4, 0.5) is 0 Å². The van der Waals surface area contributed by atoms with Crippen LogP contribution in [0.1, 0.15) is 30.8 Å². The minimum Gasteiger partial charge on any atom is -0.480 e. The number of aliphatic carboxylic acids is 1. The maximum absolute atomic E-state index is 11.7. The fourth-order valence-electron chi connectivity index (χ4n) is 1.39. The maximum Gasteiger partial charge on any atom is 0.325 e. The van der Waals surface area contributed by atoms with Gasteiger partial charge in [0.05, 0.1) is 0 Å². The average Bonchev–Trinajstić information content (AvgIpc) is 2.66. The lowest BCUT2D eigenvalue weighted by Crippen LogP contribution is -2.39. The van der Waals surface area contributed by atoms with Crippen LogP contribution in [0.15, 0.2) is 18.3 Å². The second kappa shape index (κ2) is 5.34. The predicted octanol–water partition coefficient (Wildman–Crippen LogP) is 1.10. The molecule has 0 aliphatic rings. The Bertz CT molecular complexity index is 384. The molecule has 0 spiro atoms. The molecule has 1 aromatic heterocycles. The smallest absolute Gasteiger partial charge is 0.325 e. The summed E-state index contributed by atoms with van der Waals surface area (Å²) in [6.07, 6.45) is 2.73. The van der Waals surface area contributed by atoms with Gasteiger partial charge in [0, 0.05) is 12.7 Å². The van der Waals surface area contributed by atoms with Crippen molar-refractivity contribution in [2.24, 2.45) is 0 Å². The molecular formula is C11H16N2O3. The standard InChI is InChI=1S/C11H16N2O3/c1-3-6-13-7-4-5-9(13)10(14)12-8(2)11(15)16/h4-5,7-8H,3,6H2,1-2H3,(H,12,14)(H,15,16)/t8-/m1/s1. The molecule has 0 fully saturated rings. The van der Waals surface area contributed by atoms with Crippen molar-refractivity contribution < 1.29 is 14.7 Å². The number of amides is 1. The summed E-state index contributed by atoms with van der Waals surface area (Å²) in [7, 11) is 0. The fourth-order valence-corrected chi connectivity index (χ4v) is 1.39. The van der Waals surface area contributed by atoms with E-state index in [2.05, 4.69) is 5.32 Å². The average molecular weight is 224 g/mol. The highest BCUT2D eigenvalue weighted by atomic mass is 16.4. The van der Waals surface area contributed by atoms with E-state index in [0.29, 0.717) is 5.69 Å². The predicted molar refractivity (Wildman–Crippen MR) is 59.3 cm³/mol. The fraction of sp³-hybridized carbons (Fsp3) is 0.455. The van der Waals surface area contributed by atoms with E-state index in [-0.39, 0.29) is 5.91 Å². The highest BCUT2D eigenvalue weighted by Crippen LogP contribution is 2.04. The summed E-state index contributed by atoms with van der Waals surface area (Å²) < 4.78 is 1.81. The Kier molecular flexibility index (Phi) is 4.10. The van der Waals surface area contributed by atoms with Gasteiger partial charge in [0.15, 0.2) is 0 Å². The molecule has 1 rings (SSSR count). The van der Waals surface area contributed by atoms with E-state index in [0.717, 1.165) is 13.0 Å². The van der Waals surface area contributed by atoms with E-state index in [9.17, 15) is 9.59 Å². The van der Waals surface area contributed by atoms with Crippen molar-refractivity contribution in [1.29, 1.82) is 0 Å². The van der Waals surface area contributed by atoms with Gasteiger partial charge in [-0.15, -0.1) is 0 Å². The number of carboxylic acids is 1. The molecule has 88 valence electrons. The van der Waals surface area contributed by atoms with Crippen LogP contribution in [0.5, 0.6) is 0 Å². The van der Waals surface area contributed by atoms with E-state index >= 15 is 0 Å². The summed E-state index contributed by atoms with van der Waals surface area (Å²) in [4.78, 5) is 22.3. The van der Waals surface area contributed by atoms with Gasteiger partial charge in [-0.05, 0) is 25.5 Å². The van der Waals surface area contributed by atoms with Crippen LogP contribution in [0.2, 0.25) is 0 Å². The van der Waals surface area contributed by atoms with Gasteiger partial charge >= 0.3 is 5.97 Å². The minimum absolute atomic E-state index is 0.353. The molecule has 16 heavy (non-hydrogen) atoms. The van der Waals surface area contributed by atoms with Gasteiger partial charge in [-0.25, -0.2) is 0 Å². The van der Waals surface area contributed by atoms with Gasteiger partial charge < -0.3 is 15.0 Å². The number of hydrogen-bond acceptors (Lipinski definition) is 2. The van der Waals surface area contributed by atoms with Crippen LogP contribution >= 0.6 is 0 Å². The van der Waals surface area contributed by atoms with Gasteiger partial charge in [0.2, 0.25) is 0 Å². The van der Waals surface area contributed by atoms with Gasteiger partial charge in [0.1, 0.15) is 11.7 Å². The molecule has 1 atom stereocenters. The number of carboxylic acid groups (broad SMARTS) is 1. The van der Waals surface area contributed by atoms with E-state index in [1.54, 1.807) is 12.1 Å². The lowest BCUT2D eigenvalue weighted by molar-refractivity contribution is -0.138. The van der Waals surface area contributed by atoms with Crippen molar-refractivity contribution in [2.45, 2.75) is 32.9 Å². The SMILES string of the molecule is CCCn1cccc1C(=O)N[C@H](C)C(=O)O. The zero-order valence-electron chi connectivity index (χ0n) is 9.43. The summed E-state index contributed by atoms with van der Waals surface area (Å²) in [6.45, 7) is 4.20. The summed E-state index contributed by atoms with van der Waals surface area (Å²) in [5.74, 6) is -1.39. The van der Waals surface area contributed by atoms with Crippen molar-refractivity contribution in [1.82, 2.24) is 9.88 Å². The first kappa shape index (κ1) is 12.3. The molecule has 5 nitrogen and oxygen atoms in total. The van der Waals surface area contributed by atoms with Crippen LogP contribution in [0.25, 0.3) is 0 Å². The summed E-state index contributed by atoms with van der Waals surface area (Å²) in [5.41, 5.74) is 0.495. The number of hydrogen-bond donors (Lipinski definition) is 2. The number of nitrogens with one attached hydrogen (secondary N) is 1. The molecule has 0 bridgehead atoms. The van der Waals surface area contributed by atoms with Crippen LogP contribution in [-0.4, -0.2) is 27.6 Å². The number of nitrogens with zero attached hydrogens (tertiary/aromatic N) is 1. The van der Waals surface area contributed by atoms with Crippen LogP contribution < -0.4 is 5.32 Å². The Labute approximate surface area is 94.1 Å². The first-order chi connectivity index (χ1) is 7.56. The lowest BCUT2D eigenvalue weighted by Gasteiger charge is -2.11. The van der Waals surface area contributed by atoms with E-state index in [4.69, 9.17) is 5.11 Å². The first-order valence-corrected chi connectivity index (χ1v) is 5.25. The van der Waals surface area contributed by atoms with Crippen LogP contribution in [-0.2, 0) is 11.3 Å². The Morgan fingerprint density at radius 2 is 2.25 bits per heavy atom. The molecule has 1 aromatic rings. The molecule has 0 saturated carbocycles. The number of aryl methyl sites for hydroxylation is 1. The molecule has 0 aromatic carbocycles. The summed E-state index contributed by atoms with van der Waals surface area (Å²) in [6, 6.07) is 2.58. The first-order valence-electron chi connectivity index (χ1n) is 5.25. The number of aromatic nitrogens is 1. The third kappa shape index (κ3) is 2.85. The minimum atomic E-state index is -1.04. The highest BCUT2D eigenvalue weighted by molar-refractivity contribution is 5.95. The molecule has 1 amide bonds. The Morgan fingerprint density at radius 1 is 1.56 bits per heavy atom. The van der Waals surface area contributed by atoms with Crippen molar-refractivity contribution in [3.63, 3.8) is 0 Å². The molecule has 0 unspecified atom stereocenters. The Morgan fingerprint density at radius 3 is 2.81 bits per heavy atom. The molecule has 0 saturated heterocycles. The third-order valence-corrected chi connectivity index (χ3v) is 2.24. The van der Waals surface area contributed by atoms with Crippen molar-refractivity contribution in [3.05, 3.63) is 24.0 Å². The number of carbonyl (C=O) groups is 2. The lowest BCUT2D eigenvalue weighted by atomic mass is 10.3. The molecule has 0 radical (unpaired) electrons. The molecular weight excluding hydrogens is 208 g/mol. The molecule has 2 N–H and O–H groups in total. The van der Waals surface area contributed by atoms with Crippen LogP contribution in [0.3, 0.4) is 0 Å². The summed E-state index contributed by atoms with van der Waals surface area (Å²) in [5, 5.41) is 11.1. The maximum atomic E-state index is 11.7. The van der Waals surface area contributed by atoms with Crippen molar-refractivity contribution >= 4 is 11.9 Å². The van der Waals surface area contributed by atoms with Gasteiger partial charge in [-0.3, -0.25) is 9.59 Å². The normalized spacial score (nSPS) is 12.1. The number of carbonyl (C=O) groups excluding carboxylic acids is 1. The van der Waals surface area contributed by atoms with Crippen molar-refractivity contribution in [3.8, 4) is 0 Å². The van der Waals surface area contributed by atoms with E-state index in [1.807, 2.05) is 17.7 Å². The molecule has 0 aliphatic carbocycles. The van der Waals surface area contributed by atoms with Crippen LogP contribution in [0, 0.1) is 0 Å². The Hall–Kier alpha value is -1.78. The topological polar surface area (TPSA) is 71.3 Å². The van der Waals surface area contributed by atoms with Gasteiger partial charge in [-0.1, -0.05) is 6.92 Å². The third-order valence-electron chi connectivity index (χ3n) is 2.24. The molecule has 5 heteroatoms. The number of rotatable bonds is 5. The van der Waals surface area contributed by atoms with Crippen molar-refractivity contribution in [2.75, 3.05) is 0 Å². The largest absolute Gasteiger partial charge is 0.480 e. The monoisotopic (exact) mass is 224 g/mol. The Balaban J connectivity index is 2.72. The second-order valence-corrected chi connectivity index (χ2v) is 3.62. The molecule has 1 heterocycles. The zero-order valence-corrected chi connectivity index (χ0v) is 9.43. The van der Waals surface area contributed by atoms with E-state index in [1.165, 1.54) is 6.92 Å². The van der Waals surface area contributed by atoms with E-state index < -0.39 is 12.0 Å². The zero-order chi connectivity index (χ0) is 12.1. The quantitative estimate of drug-likeness (QED) is 0.786. The van der Waals surface area contributed by atoms with Gasteiger partial charge in [0.25, 0.3) is 5.91 Å².